The Morgan fingerprint density at radius 1 is 1.12 bits per heavy atom. The molecule has 3 N–H and O–H groups in total. The fraction of sp³-hybridized carbons (Fsp3) is 0.600. The third kappa shape index (κ3) is 7.82. The number of aliphatic hydroxyl groups is 1. The van der Waals surface area contributed by atoms with Crippen LogP contribution in [0.1, 0.15) is 51.0 Å². The van der Waals surface area contributed by atoms with Gasteiger partial charge in [-0.25, -0.2) is 9.78 Å². The van der Waals surface area contributed by atoms with Gasteiger partial charge in [0.15, 0.2) is 0 Å². The number of nitrogens with one attached hydrogen (secondary N) is 2. The molecule has 8 nitrogen and oxygen atoms in total. The number of hydrogen-bond donors (Lipinski definition) is 3. The fourth-order valence-corrected chi connectivity index (χ4v) is 6.02. The number of alkyl halides is 3. The SMILES string of the molecule is Cc1ccc(NC(=O)N2CC[C@@H](CC(F)(F)F)C2)cc1-c1cc(N[C@H]2CC[C@@](C)(O)CC2)nc(N2CCOCC2)c1. The van der Waals surface area contributed by atoms with Crippen LogP contribution >= 0.6 is 0 Å². The molecule has 1 saturated carbocycles. The summed E-state index contributed by atoms with van der Waals surface area (Å²) in [6, 6.07) is 9.57. The summed E-state index contributed by atoms with van der Waals surface area (Å²) in [7, 11) is 0. The first-order valence-corrected chi connectivity index (χ1v) is 14.5. The molecule has 0 bridgehead atoms. The van der Waals surface area contributed by atoms with E-state index in [4.69, 9.17) is 9.72 Å². The van der Waals surface area contributed by atoms with Gasteiger partial charge < -0.3 is 30.3 Å². The van der Waals surface area contributed by atoms with Crippen LogP contribution in [0.5, 0.6) is 0 Å². The van der Waals surface area contributed by atoms with E-state index in [-0.39, 0.29) is 18.6 Å². The van der Waals surface area contributed by atoms with Crippen LogP contribution < -0.4 is 15.5 Å². The van der Waals surface area contributed by atoms with Crippen molar-refractivity contribution in [3.05, 3.63) is 35.9 Å². The van der Waals surface area contributed by atoms with E-state index in [1.807, 2.05) is 38.1 Å². The van der Waals surface area contributed by atoms with Gasteiger partial charge >= 0.3 is 12.2 Å². The normalized spacial score (nSPS) is 25.3. The highest BCUT2D eigenvalue weighted by Crippen LogP contribution is 2.35. The van der Waals surface area contributed by atoms with E-state index >= 15 is 0 Å². The van der Waals surface area contributed by atoms with E-state index in [0.717, 1.165) is 67.1 Å². The minimum absolute atomic E-state index is 0.100. The van der Waals surface area contributed by atoms with E-state index in [9.17, 15) is 23.1 Å². The van der Waals surface area contributed by atoms with Gasteiger partial charge in [-0.05, 0) is 92.8 Å². The highest BCUT2D eigenvalue weighted by Gasteiger charge is 2.36. The molecule has 1 aliphatic carbocycles. The molecule has 2 aromatic rings. The molecular weight excluding hydrogens is 535 g/mol. The van der Waals surface area contributed by atoms with Crippen molar-refractivity contribution in [1.29, 1.82) is 0 Å². The van der Waals surface area contributed by atoms with Crippen molar-refractivity contribution in [3.63, 3.8) is 0 Å². The summed E-state index contributed by atoms with van der Waals surface area (Å²) in [4.78, 5) is 21.5. The van der Waals surface area contributed by atoms with Gasteiger partial charge in [-0.3, -0.25) is 0 Å². The number of anilines is 3. The molecule has 2 amide bonds. The Hall–Kier alpha value is -3.05. The monoisotopic (exact) mass is 575 g/mol. The molecule has 0 spiro atoms. The van der Waals surface area contributed by atoms with Gasteiger partial charge in [0.05, 0.1) is 18.8 Å². The maximum atomic E-state index is 12.9. The number of aromatic nitrogens is 1. The van der Waals surface area contributed by atoms with Crippen LogP contribution in [0.3, 0.4) is 0 Å². The number of aryl methyl sites for hydroxylation is 1. The molecule has 0 radical (unpaired) electrons. The van der Waals surface area contributed by atoms with Gasteiger partial charge in [0.2, 0.25) is 0 Å². The number of carbonyl (C=O) groups excluding carboxylic acids is 1. The Labute approximate surface area is 239 Å². The lowest BCUT2D eigenvalue weighted by atomic mass is 9.83. The maximum Gasteiger partial charge on any atom is 0.389 e. The number of likely N-dealkylation sites (tertiary alicyclic amines) is 1. The number of hydrogen-bond acceptors (Lipinski definition) is 6. The largest absolute Gasteiger partial charge is 0.390 e. The first kappa shape index (κ1) is 29.4. The summed E-state index contributed by atoms with van der Waals surface area (Å²) in [6.45, 7) is 7.05. The molecule has 2 saturated heterocycles. The lowest BCUT2D eigenvalue weighted by Gasteiger charge is -2.34. The molecule has 11 heteroatoms. The number of carbonyl (C=O) groups is 1. The summed E-state index contributed by atoms with van der Waals surface area (Å²) < 4.78 is 44.0. The Morgan fingerprint density at radius 2 is 1.85 bits per heavy atom. The number of urea groups is 1. The second-order valence-electron chi connectivity index (χ2n) is 12.0. The van der Waals surface area contributed by atoms with E-state index in [0.29, 0.717) is 31.9 Å². The topological polar surface area (TPSA) is 90.0 Å². The molecule has 3 heterocycles. The van der Waals surface area contributed by atoms with Crippen molar-refractivity contribution in [3.8, 4) is 11.1 Å². The summed E-state index contributed by atoms with van der Waals surface area (Å²) in [5.41, 5.74) is 2.87. The van der Waals surface area contributed by atoms with Crippen LogP contribution in [0.15, 0.2) is 30.3 Å². The van der Waals surface area contributed by atoms with Crippen molar-refractivity contribution in [2.24, 2.45) is 5.92 Å². The van der Waals surface area contributed by atoms with Crippen molar-refractivity contribution in [1.82, 2.24) is 9.88 Å². The summed E-state index contributed by atoms with van der Waals surface area (Å²) in [5, 5.41) is 16.9. The third-order valence-corrected chi connectivity index (χ3v) is 8.45. The third-order valence-electron chi connectivity index (χ3n) is 8.45. The Bertz CT molecular complexity index is 1220. The number of pyridine rings is 1. The molecule has 1 aromatic heterocycles. The van der Waals surface area contributed by atoms with Crippen LogP contribution in [-0.4, -0.2) is 78.2 Å². The van der Waals surface area contributed by atoms with Crippen LogP contribution in [0.25, 0.3) is 11.1 Å². The zero-order chi connectivity index (χ0) is 29.2. The highest BCUT2D eigenvalue weighted by molar-refractivity contribution is 5.91. The number of nitrogens with zero attached hydrogens (tertiary/aromatic N) is 3. The van der Waals surface area contributed by atoms with E-state index in [2.05, 4.69) is 21.6 Å². The molecule has 2 aliphatic heterocycles. The smallest absolute Gasteiger partial charge is 0.389 e. The Morgan fingerprint density at radius 3 is 2.56 bits per heavy atom. The number of rotatable bonds is 6. The molecule has 224 valence electrons. The van der Waals surface area contributed by atoms with Crippen molar-refractivity contribution in [2.75, 3.05) is 54.9 Å². The zero-order valence-electron chi connectivity index (χ0n) is 23.8. The van der Waals surface area contributed by atoms with Gasteiger partial charge in [-0.2, -0.15) is 13.2 Å². The minimum Gasteiger partial charge on any atom is -0.390 e. The van der Waals surface area contributed by atoms with Gasteiger partial charge in [0.1, 0.15) is 11.6 Å². The van der Waals surface area contributed by atoms with Crippen LogP contribution in [0.2, 0.25) is 0 Å². The summed E-state index contributed by atoms with van der Waals surface area (Å²) in [5.74, 6) is 1.04. The van der Waals surface area contributed by atoms with Crippen LogP contribution in [-0.2, 0) is 4.74 Å². The second-order valence-corrected chi connectivity index (χ2v) is 12.0. The lowest BCUT2D eigenvalue weighted by Crippen LogP contribution is -2.37. The van der Waals surface area contributed by atoms with Gasteiger partial charge in [-0.15, -0.1) is 0 Å². The molecule has 0 unspecified atom stereocenters. The van der Waals surface area contributed by atoms with E-state index in [1.165, 1.54) is 4.90 Å². The van der Waals surface area contributed by atoms with Crippen molar-refractivity contribution in [2.45, 2.75) is 70.2 Å². The molecule has 41 heavy (non-hydrogen) atoms. The number of halogens is 3. The molecule has 3 aliphatic rings. The van der Waals surface area contributed by atoms with Gasteiger partial charge in [0, 0.05) is 44.3 Å². The maximum absolute atomic E-state index is 12.9. The average Bonchev–Trinajstić information content (AvgIpc) is 3.38. The standard InChI is InChI=1S/C30H40F3N5O3/c1-20-3-4-24(35-28(39)38-10-7-21(19-38)18-30(31,32)33)17-25(20)22-15-26(34-23-5-8-29(2,40)9-6-23)36-27(16-22)37-11-13-41-14-12-37/h3-4,15-17,21,23,40H,5-14,18-19H2,1-2H3,(H,34,36)(H,35,39)/t21-,23-,29+/m0/s1. The molecule has 1 atom stereocenters. The molecule has 1 aromatic carbocycles. The zero-order valence-corrected chi connectivity index (χ0v) is 23.8. The van der Waals surface area contributed by atoms with Crippen molar-refractivity contribution < 1.29 is 27.8 Å². The number of morpholine rings is 1. The minimum atomic E-state index is -4.22. The first-order valence-electron chi connectivity index (χ1n) is 14.5. The predicted octanol–water partition coefficient (Wildman–Crippen LogP) is 5.81. The molecule has 5 rings (SSSR count). The molecule has 3 fully saturated rings. The van der Waals surface area contributed by atoms with Gasteiger partial charge in [-0.1, -0.05) is 6.07 Å². The quantitative estimate of drug-likeness (QED) is 0.403. The highest BCUT2D eigenvalue weighted by atomic mass is 19.4. The lowest BCUT2D eigenvalue weighted by molar-refractivity contribution is -0.143. The predicted molar refractivity (Wildman–Crippen MR) is 153 cm³/mol. The molecular formula is C30H40F3N5O3. The fourth-order valence-electron chi connectivity index (χ4n) is 6.02. The number of benzene rings is 1. The Kier molecular flexibility index (Phi) is 8.65. The Balaban J connectivity index is 1.36. The number of amides is 2. The average molecular weight is 576 g/mol. The van der Waals surface area contributed by atoms with Crippen LogP contribution in [0.4, 0.5) is 35.3 Å². The van der Waals surface area contributed by atoms with Gasteiger partial charge in [0.25, 0.3) is 0 Å². The van der Waals surface area contributed by atoms with E-state index in [1.54, 1.807) is 0 Å². The summed E-state index contributed by atoms with van der Waals surface area (Å²) >= 11 is 0. The van der Waals surface area contributed by atoms with Crippen LogP contribution in [0, 0.1) is 12.8 Å². The first-order chi connectivity index (χ1) is 19.4. The number of ether oxygens (including phenoxy) is 1. The summed E-state index contributed by atoms with van der Waals surface area (Å²) in [6.07, 6.45) is -1.57. The second kappa shape index (κ2) is 12.1. The van der Waals surface area contributed by atoms with Crippen molar-refractivity contribution >= 4 is 23.4 Å². The van der Waals surface area contributed by atoms with E-state index < -0.39 is 24.1 Å².